The summed E-state index contributed by atoms with van der Waals surface area (Å²) in [6.07, 6.45) is 3.14. The number of hydrogen-bond acceptors (Lipinski definition) is 6. The molecule has 2 N–H and O–H groups in total. The molecule has 6 nitrogen and oxygen atoms in total. The Kier molecular flexibility index (Phi) is 7.16. The van der Waals surface area contributed by atoms with Gasteiger partial charge in [-0.05, 0) is 37.0 Å². The Bertz CT molecular complexity index is 977. The van der Waals surface area contributed by atoms with Gasteiger partial charge in [0.15, 0.2) is 5.16 Å². The summed E-state index contributed by atoms with van der Waals surface area (Å²) in [6, 6.07) is 18.3. The number of nitrogens with zero attached hydrogens (tertiary/aromatic N) is 2. The monoisotopic (exact) mass is 422 g/mol. The average Bonchev–Trinajstić information content (AvgIpc) is 3.31. The maximum absolute atomic E-state index is 12.2. The molecule has 30 heavy (non-hydrogen) atoms. The summed E-state index contributed by atoms with van der Waals surface area (Å²) in [5, 5.41) is 7.97. The number of amides is 1. The molecule has 1 aliphatic rings. The molecule has 3 aromatic rings. The van der Waals surface area contributed by atoms with Gasteiger partial charge >= 0.3 is 0 Å². The number of nitrogens with one attached hydrogen (secondary N) is 2. The fourth-order valence-corrected chi connectivity index (χ4v) is 4.12. The van der Waals surface area contributed by atoms with E-state index in [9.17, 15) is 4.79 Å². The maximum atomic E-state index is 12.2. The predicted octanol–water partition coefficient (Wildman–Crippen LogP) is 3.67. The topological polar surface area (TPSA) is 76.1 Å². The number of anilines is 1. The van der Waals surface area contributed by atoms with Gasteiger partial charge in [0.1, 0.15) is 5.82 Å². The zero-order chi connectivity index (χ0) is 20.6. The van der Waals surface area contributed by atoms with Gasteiger partial charge in [-0.1, -0.05) is 54.2 Å². The molecule has 2 aromatic carbocycles. The van der Waals surface area contributed by atoms with Crippen LogP contribution in [0.4, 0.5) is 5.82 Å². The van der Waals surface area contributed by atoms with Crippen LogP contribution in [-0.4, -0.2) is 47.4 Å². The molecular weight excluding hydrogens is 396 g/mol. The highest BCUT2D eigenvalue weighted by molar-refractivity contribution is 7.99. The molecule has 0 radical (unpaired) electrons. The van der Waals surface area contributed by atoms with E-state index in [1.165, 1.54) is 17.3 Å². The lowest BCUT2D eigenvalue weighted by atomic mass is 10.1. The largest absolute Gasteiger partial charge is 0.376 e. The lowest BCUT2D eigenvalue weighted by molar-refractivity contribution is -0.119. The Balaban J connectivity index is 1.37. The maximum Gasteiger partial charge on any atom is 0.230 e. The SMILES string of the molecule is O=C(CSc1nc(NCCc2ccccc2)c2ccccc2n1)NC[C@@H]1CCCO1. The minimum atomic E-state index is -0.0224. The zero-order valence-corrected chi connectivity index (χ0v) is 17.7. The van der Waals surface area contributed by atoms with Gasteiger partial charge in [-0.15, -0.1) is 0 Å². The van der Waals surface area contributed by atoms with Crippen molar-refractivity contribution in [3.63, 3.8) is 0 Å². The molecule has 1 aliphatic heterocycles. The van der Waals surface area contributed by atoms with Gasteiger partial charge in [0, 0.05) is 25.1 Å². The Hall–Kier alpha value is -2.64. The molecule has 1 saturated heterocycles. The highest BCUT2D eigenvalue weighted by Gasteiger charge is 2.16. The predicted molar refractivity (Wildman–Crippen MR) is 121 cm³/mol. The first-order chi connectivity index (χ1) is 14.8. The molecule has 156 valence electrons. The second kappa shape index (κ2) is 10.4. The van der Waals surface area contributed by atoms with Crippen LogP contribution in [0.5, 0.6) is 0 Å². The van der Waals surface area contributed by atoms with Gasteiger partial charge in [0.25, 0.3) is 0 Å². The fourth-order valence-electron chi connectivity index (χ4n) is 3.44. The second-order valence-corrected chi connectivity index (χ2v) is 8.20. The molecule has 0 saturated carbocycles. The number of carbonyl (C=O) groups is 1. The third-order valence-electron chi connectivity index (χ3n) is 5.01. The van der Waals surface area contributed by atoms with Gasteiger partial charge in [-0.25, -0.2) is 9.97 Å². The number of thioether (sulfide) groups is 1. The van der Waals surface area contributed by atoms with Crippen molar-refractivity contribution in [2.45, 2.75) is 30.5 Å². The molecule has 0 aliphatic carbocycles. The Morgan fingerprint density at radius 2 is 1.93 bits per heavy atom. The van der Waals surface area contributed by atoms with Crippen LogP contribution in [0, 0.1) is 0 Å². The highest BCUT2D eigenvalue weighted by Crippen LogP contribution is 2.24. The van der Waals surface area contributed by atoms with E-state index in [2.05, 4.69) is 32.7 Å². The van der Waals surface area contributed by atoms with Gasteiger partial charge in [-0.3, -0.25) is 4.79 Å². The molecular formula is C23H26N4O2S. The summed E-state index contributed by atoms with van der Waals surface area (Å²) >= 11 is 1.35. The summed E-state index contributed by atoms with van der Waals surface area (Å²) < 4.78 is 5.55. The van der Waals surface area contributed by atoms with E-state index in [0.717, 1.165) is 49.1 Å². The number of fused-ring (bicyclic) bond motifs is 1. The lowest BCUT2D eigenvalue weighted by Crippen LogP contribution is -2.32. The van der Waals surface area contributed by atoms with Crippen LogP contribution in [0.2, 0.25) is 0 Å². The molecule has 0 spiro atoms. The van der Waals surface area contributed by atoms with Crippen molar-refractivity contribution < 1.29 is 9.53 Å². The molecule has 2 heterocycles. The molecule has 0 unspecified atom stereocenters. The normalized spacial score (nSPS) is 15.9. The molecule has 4 rings (SSSR count). The second-order valence-electron chi connectivity index (χ2n) is 7.26. The van der Waals surface area contributed by atoms with E-state index in [4.69, 9.17) is 4.74 Å². The first-order valence-electron chi connectivity index (χ1n) is 10.3. The first-order valence-corrected chi connectivity index (χ1v) is 11.3. The first kappa shape index (κ1) is 20.6. The van der Waals surface area contributed by atoms with E-state index in [1.54, 1.807) is 0 Å². The summed E-state index contributed by atoms with van der Waals surface area (Å²) in [5.74, 6) is 1.07. The van der Waals surface area contributed by atoms with Crippen LogP contribution >= 0.6 is 11.8 Å². The van der Waals surface area contributed by atoms with Crippen molar-refractivity contribution in [2.75, 3.05) is 30.8 Å². The third kappa shape index (κ3) is 5.70. The molecule has 7 heteroatoms. The smallest absolute Gasteiger partial charge is 0.230 e. The van der Waals surface area contributed by atoms with Crippen LogP contribution in [-0.2, 0) is 16.0 Å². The van der Waals surface area contributed by atoms with E-state index in [0.29, 0.717) is 11.7 Å². The fraction of sp³-hybridized carbons (Fsp3) is 0.348. The average molecular weight is 423 g/mol. The van der Waals surface area contributed by atoms with Crippen LogP contribution in [0.1, 0.15) is 18.4 Å². The van der Waals surface area contributed by atoms with Gasteiger partial charge in [0.2, 0.25) is 5.91 Å². The van der Waals surface area contributed by atoms with E-state index >= 15 is 0 Å². The lowest BCUT2D eigenvalue weighted by Gasteiger charge is -2.12. The van der Waals surface area contributed by atoms with Crippen LogP contribution in [0.3, 0.4) is 0 Å². The zero-order valence-electron chi connectivity index (χ0n) is 16.8. The van der Waals surface area contributed by atoms with Crippen LogP contribution in [0.15, 0.2) is 59.8 Å². The number of rotatable bonds is 9. The van der Waals surface area contributed by atoms with Crippen LogP contribution in [0.25, 0.3) is 10.9 Å². The van der Waals surface area contributed by atoms with Crippen molar-refractivity contribution in [1.29, 1.82) is 0 Å². The summed E-state index contributed by atoms with van der Waals surface area (Å²) in [4.78, 5) is 21.5. The minimum Gasteiger partial charge on any atom is -0.376 e. The molecule has 1 fully saturated rings. The van der Waals surface area contributed by atoms with E-state index in [-0.39, 0.29) is 17.8 Å². The quantitative estimate of drug-likeness (QED) is 0.405. The van der Waals surface area contributed by atoms with Crippen LogP contribution < -0.4 is 10.6 Å². The standard InChI is InChI=1S/C23H26N4O2S/c28-21(25-15-18-9-6-14-29-18)16-30-23-26-20-11-5-4-10-19(20)22(27-23)24-13-12-17-7-2-1-3-8-17/h1-5,7-8,10-11,18H,6,9,12-16H2,(H,25,28)(H,24,26,27)/t18-/m0/s1. The molecule has 1 atom stereocenters. The Morgan fingerprint density at radius 1 is 1.10 bits per heavy atom. The minimum absolute atomic E-state index is 0.0224. The Morgan fingerprint density at radius 3 is 2.77 bits per heavy atom. The third-order valence-corrected chi connectivity index (χ3v) is 5.86. The van der Waals surface area contributed by atoms with Crippen molar-refractivity contribution in [1.82, 2.24) is 15.3 Å². The van der Waals surface area contributed by atoms with Gasteiger partial charge < -0.3 is 15.4 Å². The molecule has 0 bridgehead atoms. The van der Waals surface area contributed by atoms with E-state index in [1.807, 2.05) is 42.5 Å². The number of ether oxygens (including phenoxy) is 1. The number of aromatic nitrogens is 2. The van der Waals surface area contributed by atoms with Crippen molar-refractivity contribution in [2.24, 2.45) is 0 Å². The van der Waals surface area contributed by atoms with E-state index < -0.39 is 0 Å². The number of para-hydroxylation sites is 1. The number of hydrogen-bond donors (Lipinski definition) is 2. The number of carbonyl (C=O) groups excluding carboxylic acids is 1. The Labute approximate surface area is 180 Å². The number of benzene rings is 2. The van der Waals surface area contributed by atoms with Gasteiger partial charge in [0.05, 0.1) is 17.4 Å². The summed E-state index contributed by atoms with van der Waals surface area (Å²) in [5.41, 5.74) is 2.15. The van der Waals surface area contributed by atoms with Crippen molar-refractivity contribution in [3.8, 4) is 0 Å². The molecule has 1 aromatic heterocycles. The highest BCUT2D eigenvalue weighted by atomic mass is 32.2. The van der Waals surface area contributed by atoms with Gasteiger partial charge in [-0.2, -0.15) is 0 Å². The summed E-state index contributed by atoms with van der Waals surface area (Å²) in [7, 11) is 0. The molecule has 1 amide bonds. The van der Waals surface area contributed by atoms with Crippen molar-refractivity contribution in [3.05, 3.63) is 60.2 Å². The summed E-state index contributed by atoms with van der Waals surface area (Å²) in [6.45, 7) is 2.14. The van der Waals surface area contributed by atoms with Crippen molar-refractivity contribution >= 4 is 34.4 Å².